The van der Waals surface area contributed by atoms with Gasteiger partial charge in [0.25, 0.3) is 0 Å². The Morgan fingerprint density at radius 2 is 1.82 bits per heavy atom. The van der Waals surface area contributed by atoms with Crippen molar-refractivity contribution in [3.8, 4) is 0 Å². The highest BCUT2D eigenvalue weighted by Gasteiger charge is 2.13. The standard InChI is InChI=1S/C14H26O3/c15-11-7-4-2-1-3-5-8-12-16-14-10-6-9-13-17-14/h11,14H,1-10,12-13H2. The monoisotopic (exact) mass is 242 g/mol. The molecule has 0 amide bonds. The molecule has 1 heterocycles. The van der Waals surface area contributed by atoms with Crippen molar-refractivity contribution in [1.29, 1.82) is 0 Å². The molecule has 17 heavy (non-hydrogen) atoms. The minimum Gasteiger partial charge on any atom is -0.353 e. The first-order chi connectivity index (χ1) is 8.43. The van der Waals surface area contributed by atoms with Gasteiger partial charge in [-0.1, -0.05) is 25.7 Å². The lowest BCUT2D eigenvalue weighted by Gasteiger charge is -2.22. The summed E-state index contributed by atoms with van der Waals surface area (Å²) in [6.45, 7) is 1.69. The third-order valence-electron chi connectivity index (χ3n) is 3.16. The second-order valence-electron chi connectivity index (χ2n) is 4.74. The van der Waals surface area contributed by atoms with E-state index in [4.69, 9.17) is 9.47 Å². The highest BCUT2D eigenvalue weighted by Crippen LogP contribution is 2.14. The summed E-state index contributed by atoms with van der Waals surface area (Å²) in [5.41, 5.74) is 0. The van der Waals surface area contributed by atoms with Crippen LogP contribution in [0.15, 0.2) is 0 Å². The first kappa shape index (κ1) is 14.7. The number of rotatable bonds is 10. The Balaban J connectivity index is 1.76. The maximum atomic E-state index is 10.1. The summed E-state index contributed by atoms with van der Waals surface area (Å²) >= 11 is 0. The highest BCUT2D eigenvalue weighted by molar-refractivity contribution is 5.48. The van der Waals surface area contributed by atoms with E-state index in [0.29, 0.717) is 0 Å². The molecular formula is C14H26O3. The molecule has 0 aromatic carbocycles. The van der Waals surface area contributed by atoms with E-state index in [1.807, 2.05) is 0 Å². The largest absolute Gasteiger partial charge is 0.353 e. The second kappa shape index (κ2) is 10.7. The Bertz CT molecular complexity index is 176. The zero-order valence-corrected chi connectivity index (χ0v) is 10.9. The molecule has 1 atom stereocenters. The molecule has 0 aliphatic carbocycles. The topological polar surface area (TPSA) is 35.5 Å². The third-order valence-corrected chi connectivity index (χ3v) is 3.16. The predicted octanol–water partition coefficient (Wildman–Crippen LogP) is 3.46. The molecule has 0 bridgehead atoms. The number of aldehydes is 1. The Morgan fingerprint density at radius 3 is 2.53 bits per heavy atom. The van der Waals surface area contributed by atoms with E-state index in [-0.39, 0.29) is 6.29 Å². The van der Waals surface area contributed by atoms with Crippen LogP contribution < -0.4 is 0 Å². The number of hydrogen-bond acceptors (Lipinski definition) is 3. The normalized spacial score (nSPS) is 20.4. The summed E-state index contributed by atoms with van der Waals surface area (Å²) in [5, 5.41) is 0. The quantitative estimate of drug-likeness (QED) is 0.435. The van der Waals surface area contributed by atoms with E-state index in [2.05, 4.69) is 0 Å². The van der Waals surface area contributed by atoms with E-state index in [9.17, 15) is 4.79 Å². The van der Waals surface area contributed by atoms with Gasteiger partial charge < -0.3 is 14.3 Å². The average molecular weight is 242 g/mol. The van der Waals surface area contributed by atoms with Crippen molar-refractivity contribution in [1.82, 2.24) is 0 Å². The fourth-order valence-corrected chi connectivity index (χ4v) is 2.09. The zero-order chi connectivity index (χ0) is 12.2. The van der Waals surface area contributed by atoms with Gasteiger partial charge in [-0.25, -0.2) is 0 Å². The van der Waals surface area contributed by atoms with Gasteiger partial charge in [0.05, 0.1) is 0 Å². The summed E-state index contributed by atoms with van der Waals surface area (Å²) in [6, 6.07) is 0. The van der Waals surface area contributed by atoms with Crippen LogP contribution in [0.2, 0.25) is 0 Å². The lowest BCUT2D eigenvalue weighted by Crippen LogP contribution is -2.22. The smallest absolute Gasteiger partial charge is 0.157 e. The van der Waals surface area contributed by atoms with Gasteiger partial charge >= 0.3 is 0 Å². The molecule has 3 heteroatoms. The maximum Gasteiger partial charge on any atom is 0.157 e. The molecule has 3 nitrogen and oxygen atoms in total. The number of carbonyl (C=O) groups excluding carboxylic acids is 1. The summed E-state index contributed by atoms with van der Waals surface area (Å²) in [7, 11) is 0. The fourth-order valence-electron chi connectivity index (χ4n) is 2.09. The molecule has 1 fully saturated rings. The number of ether oxygens (including phenoxy) is 2. The van der Waals surface area contributed by atoms with Crippen LogP contribution >= 0.6 is 0 Å². The minimum atomic E-state index is 0.0661. The van der Waals surface area contributed by atoms with Crippen molar-refractivity contribution in [2.75, 3.05) is 13.2 Å². The molecule has 0 aromatic rings. The lowest BCUT2D eigenvalue weighted by atomic mass is 10.1. The second-order valence-corrected chi connectivity index (χ2v) is 4.74. The van der Waals surface area contributed by atoms with Crippen LogP contribution in [0.5, 0.6) is 0 Å². The number of hydrogen-bond donors (Lipinski definition) is 0. The van der Waals surface area contributed by atoms with Crippen molar-refractivity contribution < 1.29 is 14.3 Å². The summed E-state index contributed by atoms with van der Waals surface area (Å²) in [4.78, 5) is 10.1. The van der Waals surface area contributed by atoms with Crippen molar-refractivity contribution >= 4 is 6.29 Å². The maximum absolute atomic E-state index is 10.1. The number of unbranched alkanes of at least 4 members (excludes halogenated alkanes) is 6. The first-order valence-corrected chi connectivity index (χ1v) is 7.10. The van der Waals surface area contributed by atoms with Crippen molar-refractivity contribution in [3.05, 3.63) is 0 Å². The van der Waals surface area contributed by atoms with Gasteiger partial charge in [-0.2, -0.15) is 0 Å². The molecule has 0 radical (unpaired) electrons. The fraction of sp³-hybridized carbons (Fsp3) is 0.929. The molecular weight excluding hydrogens is 216 g/mol. The molecule has 1 saturated heterocycles. The van der Waals surface area contributed by atoms with Gasteiger partial charge in [0.15, 0.2) is 6.29 Å². The first-order valence-electron chi connectivity index (χ1n) is 7.10. The molecule has 0 N–H and O–H groups in total. The van der Waals surface area contributed by atoms with Crippen LogP contribution in [0.3, 0.4) is 0 Å². The van der Waals surface area contributed by atoms with Crippen LogP contribution in [0, 0.1) is 0 Å². The van der Waals surface area contributed by atoms with Gasteiger partial charge in [-0.3, -0.25) is 0 Å². The minimum absolute atomic E-state index is 0.0661. The van der Waals surface area contributed by atoms with Crippen LogP contribution in [0.4, 0.5) is 0 Å². The molecule has 1 aliphatic heterocycles. The van der Waals surface area contributed by atoms with Crippen molar-refractivity contribution in [3.63, 3.8) is 0 Å². The zero-order valence-electron chi connectivity index (χ0n) is 10.9. The Morgan fingerprint density at radius 1 is 1.06 bits per heavy atom. The van der Waals surface area contributed by atoms with Gasteiger partial charge in [0, 0.05) is 19.6 Å². The Hall–Kier alpha value is -0.410. The molecule has 0 saturated carbocycles. The Kier molecular flexibility index (Phi) is 9.24. The van der Waals surface area contributed by atoms with Gasteiger partial charge in [-0.15, -0.1) is 0 Å². The van der Waals surface area contributed by atoms with E-state index in [1.165, 1.54) is 38.5 Å². The molecule has 1 rings (SSSR count). The summed E-state index contributed by atoms with van der Waals surface area (Å²) in [5.74, 6) is 0. The van der Waals surface area contributed by atoms with Gasteiger partial charge in [0.2, 0.25) is 0 Å². The van der Waals surface area contributed by atoms with Gasteiger partial charge in [-0.05, 0) is 32.1 Å². The highest BCUT2D eigenvalue weighted by atomic mass is 16.7. The van der Waals surface area contributed by atoms with Crippen molar-refractivity contribution in [2.45, 2.75) is 70.5 Å². The predicted molar refractivity (Wildman–Crippen MR) is 67.9 cm³/mol. The molecule has 100 valence electrons. The van der Waals surface area contributed by atoms with E-state index in [0.717, 1.165) is 45.2 Å². The van der Waals surface area contributed by atoms with Crippen molar-refractivity contribution in [2.24, 2.45) is 0 Å². The van der Waals surface area contributed by atoms with Gasteiger partial charge in [0.1, 0.15) is 6.29 Å². The molecule has 0 aromatic heterocycles. The van der Waals surface area contributed by atoms with Crippen LogP contribution in [-0.4, -0.2) is 25.8 Å². The molecule has 1 unspecified atom stereocenters. The van der Waals surface area contributed by atoms with E-state index >= 15 is 0 Å². The third kappa shape index (κ3) is 8.33. The SMILES string of the molecule is O=CCCCCCCCCOC1CCCCO1. The van der Waals surface area contributed by atoms with Crippen LogP contribution in [-0.2, 0) is 14.3 Å². The van der Waals surface area contributed by atoms with Crippen LogP contribution in [0.25, 0.3) is 0 Å². The summed E-state index contributed by atoms with van der Waals surface area (Å²) in [6.07, 6.45) is 12.4. The average Bonchev–Trinajstić information content (AvgIpc) is 2.38. The summed E-state index contributed by atoms with van der Waals surface area (Å²) < 4.78 is 11.2. The van der Waals surface area contributed by atoms with Crippen LogP contribution in [0.1, 0.15) is 64.2 Å². The number of carbonyl (C=O) groups is 1. The Labute approximate surface area is 105 Å². The lowest BCUT2D eigenvalue weighted by molar-refractivity contribution is -0.162. The van der Waals surface area contributed by atoms with E-state index in [1.54, 1.807) is 0 Å². The van der Waals surface area contributed by atoms with E-state index < -0.39 is 0 Å². The molecule has 1 aliphatic rings. The molecule has 0 spiro atoms.